The van der Waals surface area contributed by atoms with Crippen LogP contribution in [0.4, 0.5) is 5.82 Å². The van der Waals surface area contributed by atoms with Gasteiger partial charge in [0, 0.05) is 45.5 Å². The number of benzene rings is 1. The summed E-state index contributed by atoms with van der Waals surface area (Å²) in [4.78, 5) is 11.0. The standard InChI is InChI=1S/C21H30N6O2S/c1-2-22-21(25-18-19-8-4-3-5-9-19)24-12-17-30(28,29)27-15-13-26(14-16-27)20-10-6-7-11-23-20/h3-11H,2,12-18H2,1H3,(H2,22,24,25). The molecule has 2 heterocycles. The Kier molecular flexibility index (Phi) is 8.04. The highest BCUT2D eigenvalue weighted by Crippen LogP contribution is 2.14. The van der Waals surface area contributed by atoms with Gasteiger partial charge in [-0.2, -0.15) is 4.31 Å². The van der Waals surface area contributed by atoms with E-state index >= 15 is 0 Å². The van der Waals surface area contributed by atoms with E-state index in [9.17, 15) is 8.42 Å². The Hall–Kier alpha value is -2.65. The molecular formula is C21H30N6O2S. The minimum Gasteiger partial charge on any atom is -0.357 e. The molecule has 162 valence electrons. The molecule has 0 unspecified atom stereocenters. The van der Waals surface area contributed by atoms with Gasteiger partial charge in [-0.3, -0.25) is 0 Å². The highest BCUT2D eigenvalue weighted by molar-refractivity contribution is 7.89. The summed E-state index contributed by atoms with van der Waals surface area (Å²) in [5, 5.41) is 6.29. The highest BCUT2D eigenvalue weighted by Gasteiger charge is 2.27. The first-order valence-corrected chi connectivity index (χ1v) is 11.9. The van der Waals surface area contributed by atoms with Crippen LogP contribution in [0.3, 0.4) is 0 Å². The average Bonchev–Trinajstić information content (AvgIpc) is 2.79. The Balaban J connectivity index is 1.48. The monoisotopic (exact) mass is 430 g/mol. The van der Waals surface area contributed by atoms with Crippen LogP contribution >= 0.6 is 0 Å². The van der Waals surface area contributed by atoms with E-state index in [1.165, 1.54) is 0 Å². The summed E-state index contributed by atoms with van der Waals surface area (Å²) < 4.78 is 27.0. The van der Waals surface area contributed by atoms with E-state index in [0.29, 0.717) is 51.8 Å². The van der Waals surface area contributed by atoms with Crippen molar-refractivity contribution in [1.29, 1.82) is 0 Å². The van der Waals surface area contributed by atoms with Gasteiger partial charge in [0.15, 0.2) is 5.96 Å². The number of nitrogens with zero attached hydrogens (tertiary/aromatic N) is 4. The summed E-state index contributed by atoms with van der Waals surface area (Å²) in [6.45, 7) is 5.78. The fourth-order valence-corrected chi connectivity index (χ4v) is 4.60. The molecular weight excluding hydrogens is 400 g/mol. The molecule has 0 saturated carbocycles. The number of anilines is 1. The van der Waals surface area contributed by atoms with E-state index in [2.05, 4.69) is 25.5 Å². The van der Waals surface area contributed by atoms with Gasteiger partial charge in [-0.25, -0.2) is 18.4 Å². The molecule has 8 nitrogen and oxygen atoms in total. The number of hydrogen-bond acceptors (Lipinski definition) is 5. The summed E-state index contributed by atoms with van der Waals surface area (Å²) in [6.07, 6.45) is 1.76. The van der Waals surface area contributed by atoms with Gasteiger partial charge in [0.2, 0.25) is 10.0 Å². The molecule has 1 aliphatic heterocycles. The number of sulfonamides is 1. The molecule has 9 heteroatoms. The van der Waals surface area contributed by atoms with Crippen LogP contribution in [0, 0.1) is 0 Å². The summed E-state index contributed by atoms with van der Waals surface area (Å²) in [7, 11) is -3.33. The number of piperazine rings is 1. The van der Waals surface area contributed by atoms with E-state index in [1.54, 1.807) is 10.5 Å². The van der Waals surface area contributed by atoms with Crippen LogP contribution in [-0.2, 0) is 16.6 Å². The Morgan fingerprint density at radius 2 is 1.77 bits per heavy atom. The molecule has 30 heavy (non-hydrogen) atoms. The van der Waals surface area contributed by atoms with Crippen molar-refractivity contribution in [3.8, 4) is 0 Å². The first kappa shape index (κ1) is 22.0. The van der Waals surface area contributed by atoms with Crippen LogP contribution in [0.25, 0.3) is 0 Å². The fraction of sp³-hybridized carbons (Fsp3) is 0.429. The zero-order valence-corrected chi connectivity index (χ0v) is 18.2. The van der Waals surface area contributed by atoms with Crippen LogP contribution in [0.5, 0.6) is 0 Å². The van der Waals surface area contributed by atoms with Crippen molar-refractivity contribution in [2.75, 3.05) is 49.9 Å². The molecule has 1 saturated heterocycles. The number of hydrogen-bond donors (Lipinski definition) is 2. The molecule has 1 aromatic carbocycles. The Morgan fingerprint density at radius 3 is 2.43 bits per heavy atom. The van der Waals surface area contributed by atoms with Crippen LogP contribution in [0.2, 0.25) is 0 Å². The molecule has 0 amide bonds. The topological polar surface area (TPSA) is 89.9 Å². The van der Waals surface area contributed by atoms with Crippen LogP contribution < -0.4 is 15.5 Å². The Labute approximate surface area is 179 Å². The number of aromatic nitrogens is 1. The van der Waals surface area contributed by atoms with E-state index in [0.717, 1.165) is 11.4 Å². The third kappa shape index (κ3) is 6.43. The predicted octanol–water partition coefficient (Wildman–Crippen LogP) is 1.29. The third-order valence-corrected chi connectivity index (χ3v) is 6.74. The van der Waals surface area contributed by atoms with Gasteiger partial charge in [0.05, 0.1) is 12.3 Å². The summed E-state index contributed by atoms with van der Waals surface area (Å²) in [6, 6.07) is 15.7. The zero-order valence-electron chi connectivity index (χ0n) is 17.4. The first-order chi connectivity index (χ1) is 14.6. The van der Waals surface area contributed by atoms with Crippen molar-refractivity contribution in [2.24, 2.45) is 4.99 Å². The maximum atomic E-state index is 12.7. The van der Waals surface area contributed by atoms with Gasteiger partial charge >= 0.3 is 0 Å². The lowest BCUT2D eigenvalue weighted by Gasteiger charge is -2.34. The maximum absolute atomic E-state index is 12.7. The van der Waals surface area contributed by atoms with E-state index in [1.807, 2.05) is 55.5 Å². The number of guanidine groups is 1. The smallest absolute Gasteiger partial charge is 0.215 e. The maximum Gasteiger partial charge on any atom is 0.215 e. The lowest BCUT2D eigenvalue weighted by atomic mass is 10.2. The van der Waals surface area contributed by atoms with Gasteiger partial charge in [-0.15, -0.1) is 0 Å². The largest absolute Gasteiger partial charge is 0.357 e. The van der Waals surface area contributed by atoms with Crippen LogP contribution in [0.15, 0.2) is 59.7 Å². The second-order valence-corrected chi connectivity index (χ2v) is 9.09. The van der Waals surface area contributed by atoms with Gasteiger partial charge in [0.25, 0.3) is 0 Å². The molecule has 0 aliphatic carbocycles. The minimum absolute atomic E-state index is 0.0341. The molecule has 1 aliphatic rings. The van der Waals surface area contributed by atoms with Gasteiger partial charge in [-0.1, -0.05) is 36.4 Å². The first-order valence-electron chi connectivity index (χ1n) is 10.3. The highest BCUT2D eigenvalue weighted by atomic mass is 32.2. The number of nitrogens with one attached hydrogen (secondary N) is 2. The summed E-state index contributed by atoms with van der Waals surface area (Å²) in [5.74, 6) is 1.55. The van der Waals surface area contributed by atoms with Gasteiger partial charge < -0.3 is 15.5 Å². The van der Waals surface area contributed by atoms with Crippen LogP contribution in [0.1, 0.15) is 12.5 Å². The normalized spacial score (nSPS) is 15.8. The van der Waals surface area contributed by atoms with E-state index in [-0.39, 0.29) is 5.75 Å². The average molecular weight is 431 g/mol. The van der Waals surface area contributed by atoms with Crippen molar-refractivity contribution in [3.63, 3.8) is 0 Å². The second-order valence-electron chi connectivity index (χ2n) is 7.00. The van der Waals surface area contributed by atoms with Crippen molar-refractivity contribution in [1.82, 2.24) is 19.9 Å². The Bertz CT molecular complexity index is 898. The second kappa shape index (κ2) is 10.9. The van der Waals surface area contributed by atoms with Crippen LogP contribution in [-0.4, -0.2) is 68.7 Å². The molecule has 0 radical (unpaired) electrons. The molecule has 0 spiro atoms. The Morgan fingerprint density at radius 1 is 1.03 bits per heavy atom. The van der Waals surface area contributed by atoms with Crippen molar-refractivity contribution >= 4 is 21.8 Å². The quantitative estimate of drug-likeness (QED) is 0.485. The SMILES string of the molecule is CCNC(=NCc1ccccc1)NCCS(=O)(=O)N1CCN(c2ccccn2)CC1. The predicted molar refractivity (Wildman–Crippen MR) is 121 cm³/mol. The minimum atomic E-state index is -3.33. The lowest BCUT2D eigenvalue weighted by molar-refractivity contribution is 0.384. The van der Waals surface area contributed by atoms with Crippen molar-refractivity contribution in [2.45, 2.75) is 13.5 Å². The van der Waals surface area contributed by atoms with Crippen molar-refractivity contribution in [3.05, 3.63) is 60.3 Å². The third-order valence-electron chi connectivity index (χ3n) is 4.86. The van der Waals surface area contributed by atoms with E-state index < -0.39 is 10.0 Å². The van der Waals surface area contributed by atoms with Crippen molar-refractivity contribution < 1.29 is 8.42 Å². The number of pyridine rings is 1. The molecule has 3 rings (SSSR count). The molecule has 2 N–H and O–H groups in total. The number of rotatable bonds is 8. The molecule has 0 bridgehead atoms. The summed E-state index contributed by atoms with van der Waals surface area (Å²) in [5.41, 5.74) is 1.10. The summed E-state index contributed by atoms with van der Waals surface area (Å²) >= 11 is 0. The van der Waals surface area contributed by atoms with Gasteiger partial charge in [0.1, 0.15) is 5.82 Å². The zero-order chi connectivity index (χ0) is 21.2. The van der Waals surface area contributed by atoms with Gasteiger partial charge in [-0.05, 0) is 24.6 Å². The molecule has 1 aromatic heterocycles. The molecule has 1 fully saturated rings. The fourth-order valence-electron chi connectivity index (χ4n) is 3.26. The lowest BCUT2D eigenvalue weighted by Crippen LogP contribution is -2.50. The molecule has 0 atom stereocenters. The molecule has 2 aromatic rings. The van der Waals surface area contributed by atoms with E-state index in [4.69, 9.17) is 0 Å². The number of aliphatic imine (C=N–C) groups is 1.